The number of amides is 1. The van der Waals surface area contributed by atoms with Crippen LogP contribution in [-0.4, -0.2) is 49.6 Å². The molecule has 5 rings (SSSR count). The molecule has 0 radical (unpaired) electrons. The third kappa shape index (κ3) is 6.10. The summed E-state index contributed by atoms with van der Waals surface area (Å²) in [7, 11) is -3.34. The van der Waals surface area contributed by atoms with Gasteiger partial charge in [-0.1, -0.05) is 51.1 Å². The van der Waals surface area contributed by atoms with Crippen molar-refractivity contribution < 1.29 is 13.2 Å². The van der Waals surface area contributed by atoms with Crippen LogP contribution in [0.3, 0.4) is 0 Å². The van der Waals surface area contributed by atoms with Crippen LogP contribution in [0.15, 0.2) is 83.8 Å². The number of carbonyl (C=O) groups excluding carboxylic acids is 1. The molecular formula is C32H37N3O3S. The zero-order chi connectivity index (χ0) is 27.8. The van der Waals surface area contributed by atoms with E-state index in [1.54, 1.807) is 12.1 Å². The van der Waals surface area contributed by atoms with Gasteiger partial charge >= 0.3 is 0 Å². The number of nitrogens with zero attached hydrogens (tertiary/aromatic N) is 2. The summed E-state index contributed by atoms with van der Waals surface area (Å²) in [6, 6.07) is 25.2. The van der Waals surface area contributed by atoms with Gasteiger partial charge in [-0.05, 0) is 66.9 Å². The predicted molar refractivity (Wildman–Crippen MR) is 158 cm³/mol. The Morgan fingerprint density at radius 1 is 0.949 bits per heavy atom. The van der Waals surface area contributed by atoms with Crippen molar-refractivity contribution in [3.63, 3.8) is 0 Å². The van der Waals surface area contributed by atoms with Gasteiger partial charge in [0, 0.05) is 65.2 Å². The lowest BCUT2D eigenvalue weighted by molar-refractivity contribution is 0.0958. The van der Waals surface area contributed by atoms with Crippen molar-refractivity contribution in [2.45, 2.75) is 56.5 Å². The maximum Gasteiger partial charge on any atom is 0.258 e. The van der Waals surface area contributed by atoms with E-state index < -0.39 is 9.84 Å². The Kier molecular flexibility index (Phi) is 7.40. The van der Waals surface area contributed by atoms with Crippen LogP contribution in [0, 0.1) is 0 Å². The maximum atomic E-state index is 14.0. The van der Waals surface area contributed by atoms with Crippen molar-refractivity contribution in [3.8, 4) is 0 Å². The van der Waals surface area contributed by atoms with Crippen molar-refractivity contribution in [1.82, 2.24) is 9.88 Å². The van der Waals surface area contributed by atoms with Crippen LogP contribution in [0.4, 0.5) is 5.69 Å². The third-order valence-corrected chi connectivity index (χ3v) is 8.74. The molecule has 204 valence electrons. The highest BCUT2D eigenvalue weighted by Crippen LogP contribution is 2.32. The van der Waals surface area contributed by atoms with E-state index in [9.17, 15) is 13.2 Å². The van der Waals surface area contributed by atoms with Gasteiger partial charge in [0.15, 0.2) is 9.84 Å². The Labute approximate surface area is 231 Å². The van der Waals surface area contributed by atoms with Crippen molar-refractivity contribution >= 4 is 32.3 Å². The van der Waals surface area contributed by atoms with Crippen LogP contribution in [0.25, 0.3) is 10.9 Å². The number of H-pyrrole nitrogens is 1. The standard InChI is InChI=1S/C32H37N3O3S/c1-32(2,3)30-21-25-20-27(12-15-29(25)33-30)35(31(36)24-10-13-28(14-11-24)39(4,37)38)26-16-18-34(19-17-26)22-23-8-6-5-7-9-23/h5-15,20-21,26,33H,16-19,22H2,1-4H3. The first-order chi connectivity index (χ1) is 18.5. The predicted octanol–water partition coefficient (Wildman–Crippen LogP) is 6.18. The molecule has 6 nitrogen and oxygen atoms in total. The monoisotopic (exact) mass is 543 g/mol. The molecule has 1 saturated heterocycles. The number of benzene rings is 3. The molecule has 1 N–H and O–H groups in total. The average molecular weight is 544 g/mol. The molecule has 1 amide bonds. The van der Waals surface area contributed by atoms with Crippen molar-refractivity contribution in [2.24, 2.45) is 0 Å². The summed E-state index contributed by atoms with van der Waals surface area (Å²) < 4.78 is 23.9. The molecule has 0 aliphatic carbocycles. The summed E-state index contributed by atoms with van der Waals surface area (Å²) >= 11 is 0. The van der Waals surface area contributed by atoms with Gasteiger partial charge < -0.3 is 9.88 Å². The SMILES string of the molecule is CC(C)(C)c1cc2cc(N(C(=O)c3ccc(S(C)(=O)=O)cc3)C3CCN(Cc4ccccc4)CC3)ccc2[nH]1. The number of aromatic nitrogens is 1. The van der Waals surface area contributed by atoms with Gasteiger partial charge in [0.25, 0.3) is 5.91 Å². The van der Waals surface area contributed by atoms with Crippen molar-refractivity contribution in [2.75, 3.05) is 24.2 Å². The van der Waals surface area contributed by atoms with Crippen LogP contribution in [-0.2, 0) is 21.8 Å². The van der Waals surface area contributed by atoms with Crippen LogP contribution in [0.5, 0.6) is 0 Å². The lowest BCUT2D eigenvalue weighted by Crippen LogP contribution is -2.47. The van der Waals surface area contributed by atoms with Crippen LogP contribution < -0.4 is 4.90 Å². The van der Waals surface area contributed by atoms with Crippen LogP contribution in [0.2, 0.25) is 0 Å². The number of aromatic amines is 1. The fourth-order valence-corrected chi connectivity index (χ4v) is 5.96. The molecule has 1 aliphatic heterocycles. The number of likely N-dealkylation sites (tertiary alicyclic amines) is 1. The minimum absolute atomic E-state index is 0.0123. The Morgan fingerprint density at radius 3 is 2.23 bits per heavy atom. The molecule has 7 heteroatoms. The summed E-state index contributed by atoms with van der Waals surface area (Å²) in [5, 5.41) is 1.07. The van der Waals surface area contributed by atoms with Gasteiger partial charge in [0.1, 0.15) is 0 Å². The van der Waals surface area contributed by atoms with E-state index in [0.717, 1.165) is 54.8 Å². The lowest BCUT2D eigenvalue weighted by Gasteiger charge is -2.38. The van der Waals surface area contributed by atoms with Gasteiger partial charge in [-0.15, -0.1) is 0 Å². The topological polar surface area (TPSA) is 73.5 Å². The quantitative estimate of drug-likeness (QED) is 0.315. The second kappa shape index (κ2) is 10.6. The molecule has 1 aliphatic rings. The van der Waals surface area contributed by atoms with Gasteiger partial charge in [-0.25, -0.2) is 8.42 Å². The number of carbonyl (C=O) groups is 1. The zero-order valence-electron chi connectivity index (χ0n) is 23.1. The molecule has 0 spiro atoms. The lowest BCUT2D eigenvalue weighted by atomic mass is 9.92. The third-order valence-electron chi connectivity index (χ3n) is 7.61. The van der Waals surface area contributed by atoms with Gasteiger partial charge in [-0.2, -0.15) is 0 Å². The molecule has 1 aromatic heterocycles. The molecule has 0 unspecified atom stereocenters. The summed E-state index contributed by atoms with van der Waals surface area (Å²) in [4.78, 5) is 22.1. The largest absolute Gasteiger partial charge is 0.358 e. The summed E-state index contributed by atoms with van der Waals surface area (Å²) in [5.74, 6) is -0.109. The van der Waals surface area contributed by atoms with E-state index in [-0.39, 0.29) is 22.3 Å². The molecule has 0 saturated carbocycles. The Hall–Kier alpha value is -3.42. The van der Waals surface area contributed by atoms with E-state index in [0.29, 0.717) is 5.56 Å². The molecule has 0 atom stereocenters. The van der Waals surface area contributed by atoms with Crippen molar-refractivity contribution in [1.29, 1.82) is 0 Å². The second-order valence-electron chi connectivity index (χ2n) is 11.7. The van der Waals surface area contributed by atoms with Crippen molar-refractivity contribution in [3.05, 3.63) is 95.7 Å². The van der Waals surface area contributed by atoms with Crippen LogP contribution >= 0.6 is 0 Å². The van der Waals surface area contributed by atoms with E-state index >= 15 is 0 Å². The number of hydrogen-bond donors (Lipinski definition) is 1. The van der Waals surface area contributed by atoms with E-state index in [1.165, 1.54) is 24.0 Å². The zero-order valence-corrected chi connectivity index (χ0v) is 24.0. The molecule has 3 aromatic carbocycles. The highest BCUT2D eigenvalue weighted by molar-refractivity contribution is 7.90. The van der Waals surface area contributed by atoms with E-state index in [4.69, 9.17) is 0 Å². The normalized spacial score (nSPS) is 15.5. The maximum absolute atomic E-state index is 14.0. The number of sulfone groups is 1. The fourth-order valence-electron chi connectivity index (χ4n) is 5.33. The highest BCUT2D eigenvalue weighted by atomic mass is 32.2. The molecule has 1 fully saturated rings. The minimum atomic E-state index is -3.34. The fraction of sp³-hybridized carbons (Fsp3) is 0.344. The second-order valence-corrected chi connectivity index (χ2v) is 13.7. The molecular weight excluding hydrogens is 506 g/mol. The number of anilines is 1. The summed E-state index contributed by atoms with van der Waals surface area (Å²) in [6.07, 6.45) is 2.90. The van der Waals surface area contributed by atoms with Gasteiger partial charge in [-0.3, -0.25) is 9.69 Å². The number of fused-ring (bicyclic) bond motifs is 1. The molecule has 4 aromatic rings. The van der Waals surface area contributed by atoms with Gasteiger partial charge in [0.2, 0.25) is 0 Å². The Bertz CT molecular complexity index is 1560. The average Bonchev–Trinajstić information content (AvgIpc) is 3.34. The van der Waals surface area contributed by atoms with E-state index in [2.05, 4.69) is 73.1 Å². The van der Waals surface area contributed by atoms with Crippen LogP contribution in [0.1, 0.15) is 55.2 Å². The number of piperidine rings is 1. The highest BCUT2D eigenvalue weighted by Gasteiger charge is 2.30. The molecule has 39 heavy (non-hydrogen) atoms. The first-order valence-electron chi connectivity index (χ1n) is 13.5. The summed E-state index contributed by atoms with van der Waals surface area (Å²) in [6.45, 7) is 9.24. The Balaban J connectivity index is 1.45. The van der Waals surface area contributed by atoms with E-state index in [1.807, 2.05) is 17.0 Å². The minimum Gasteiger partial charge on any atom is -0.358 e. The molecule has 2 heterocycles. The number of nitrogens with one attached hydrogen (secondary N) is 1. The smallest absolute Gasteiger partial charge is 0.258 e. The summed E-state index contributed by atoms with van der Waals surface area (Å²) in [5.41, 5.74) is 4.83. The first-order valence-corrected chi connectivity index (χ1v) is 15.4. The number of hydrogen-bond acceptors (Lipinski definition) is 4. The first kappa shape index (κ1) is 27.2. The number of rotatable bonds is 6. The Morgan fingerprint density at radius 2 is 1.62 bits per heavy atom. The van der Waals surface area contributed by atoms with Gasteiger partial charge in [0.05, 0.1) is 4.90 Å². The molecule has 0 bridgehead atoms.